The van der Waals surface area contributed by atoms with E-state index in [0.717, 1.165) is 0 Å². The summed E-state index contributed by atoms with van der Waals surface area (Å²) in [6.07, 6.45) is 3.17. The summed E-state index contributed by atoms with van der Waals surface area (Å²) in [4.78, 5) is 0. The summed E-state index contributed by atoms with van der Waals surface area (Å²) in [6, 6.07) is 3.52. The molecule has 0 atom stereocenters. The lowest BCUT2D eigenvalue weighted by molar-refractivity contribution is 0.818. The van der Waals surface area contributed by atoms with E-state index in [1.807, 2.05) is 0 Å². The highest BCUT2D eigenvalue weighted by Gasteiger charge is 2.04. The zero-order valence-corrected chi connectivity index (χ0v) is 7.31. The number of nitrogen functional groups attached to an aromatic ring is 1. The predicted molar refractivity (Wildman–Crippen MR) is 48.6 cm³/mol. The molecule has 2 aromatic heterocycles. The molecule has 0 saturated carbocycles. The molecule has 0 spiro atoms. The third-order valence-electron chi connectivity index (χ3n) is 1.49. The Morgan fingerprint density at radius 3 is 2.85 bits per heavy atom. The van der Waals surface area contributed by atoms with E-state index < -0.39 is 0 Å². The zero-order chi connectivity index (χ0) is 9.26. The molecule has 0 radical (unpaired) electrons. The molecule has 2 rings (SSSR count). The van der Waals surface area contributed by atoms with Crippen LogP contribution in [-0.2, 0) is 0 Å². The predicted octanol–water partition coefficient (Wildman–Crippen LogP) is 0.898. The Kier molecular flexibility index (Phi) is 1.86. The topological polar surface area (TPSA) is 69.6 Å². The van der Waals surface area contributed by atoms with Gasteiger partial charge in [0.1, 0.15) is 5.02 Å². The van der Waals surface area contributed by atoms with E-state index in [4.69, 9.17) is 17.3 Å². The molecule has 2 heterocycles. The Balaban J connectivity index is 2.48. The second kappa shape index (κ2) is 3.02. The molecule has 0 aliphatic rings. The van der Waals surface area contributed by atoms with Crippen LogP contribution >= 0.6 is 11.6 Å². The molecule has 0 aliphatic carbocycles. The van der Waals surface area contributed by atoms with Crippen molar-refractivity contribution in [2.45, 2.75) is 0 Å². The van der Waals surface area contributed by atoms with Crippen LogP contribution in [0.4, 0.5) is 5.82 Å². The first kappa shape index (κ1) is 8.00. The maximum absolute atomic E-state index is 5.72. The number of hydrogen-bond acceptors (Lipinski definition) is 4. The average Bonchev–Trinajstić information content (AvgIpc) is 2.49. The number of halogens is 1. The van der Waals surface area contributed by atoms with Crippen LogP contribution in [0.25, 0.3) is 5.82 Å². The summed E-state index contributed by atoms with van der Waals surface area (Å²) in [6.45, 7) is 0. The Morgan fingerprint density at radius 1 is 1.46 bits per heavy atom. The molecule has 0 amide bonds. The smallest absolute Gasteiger partial charge is 0.175 e. The minimum Gasteiger partial charge on any atom is -0.381 e. The SMILES string of the molecule is Nc1nn(-c2cccnn2)cc1Cl. The van der Waals surface area contributed by atoms with E-state index in [-0.39, 0.29) is 5.82 Å². The summed E-state index contributed by atoms with van der Waals surface area (Å²) >= 11 is 5.72. The first-order chi connectivity index (χ1) is 6.27. The van der Waals surface area contributed by atoms with Gasteiger partial charge >= 0.3 is 0 Å². The van der Waals surface area contributed by atoms with Crippen molar-refractivity contribution in [2.75, 3.05) is 5.73 Å². The first-order valence-electron chi connectivity index (χ1n) is 3.56. The monoisotopic (exact) mass is 195 g/mol. The standard InChI is InChI=1S/C7H6ClN5/c8-5-4-13(12-7(5)9)6-2-1-3-10-11-6/h1-4H,(H2,9,12). The van der Waals surface area contributed by atoms with Crippen LogP contribution in [0.5, 0.6) is 0 Å². The van der Waals surface area contributed by atoms with Crippen molar-refractivity contribution in [3.05, 3.63) is 29.5 Å². The Morgan fingerprint density at radius 2 is 2.31 bits per heavy atom. The zero-order valence-electron chi connectivity index (χ0n) is 6.55. The van der Waals surface area contributed by atoms with Gasteiger partial charge in [-0.1, -0.05) is 11.6 Å². The summed E-state index contributed by atoms with van der Waals surface area (Å²) in [5, 5.41) is 11.9. The van der Waals surface area contributed by atoms with Gasteiger partial charge in [-0.15, -0.1) is 10.2 Å². The second-order valence-corrected chi connectivity index (χ2v) is 2.80. The summed E-state index contributed by atoms with van der Waals surface area (Å²) in [7, 11) is 0. The van der Waals surface area contributed by atoms with Gasteiger partial charge in [-0.05, 0) is 12.1 Å². The van der Waals surface area contributed by atoms with Crippen molar-refractivity contribution in [3.63, 3.8) is 0 Å². The van der Waals surface area contributed by atoms with E-state index in [1.165, 1.54) is 4.68 Å². The molecule has 2 N–H and O–H groups in total. The molecular formula is C7H6ClN5. The quantitative estimate of drug-likeness (QED) is 0.734. The minimum atomic E-state index is 0.285. The number of nitrogens with two attached hydrogens (primary N) is 1. The highest BCUT2D eigenvalue weighted by Crippen LogP contribution is 2.16. The molecule has 2 aromatic rings. The van der Waals surface area contributed by atoms with Gasteiger partial charge in [-0.25, -0.2) is 4.68 Å². The highest BCUT2D eigenvalue weighted by atomic mass is 35.5. The van der Waals surface area contributed by atoms with Gasteiger partial charge in [0.05, 0.1) is 6.20 Å². The van der Waals surface area contributed by atoms with E-state index in [1.54, 1.807) is 24.5 Å². The van der Waals surface area contributed by atoms with Gasteiger partial charge in [0.15, 0.2) is 11.6 Å². The number of nitrogens with zero attached hydrogens (tertiary/aromatic N) is 4. The molecule has 0 aliphatic heterocycles. The second-order valence-electron chi connectivity index (χ2n) is 2.39. The maximum atomic E-state index is 5.72. The number of aromatic nitrogens is 4. The number of rotatable bonds is 1. The van der Waals surface area contributed by atoms with Crippen molar-refractivity contribution < 1.29 is 0 Å². The Labute approximate surface area is 79.1 Å². The van der Waals surface area contributed by atoms with E-state index >= 15 is 0 Å². The van der Waals surface area contributed by atoms with E-state index in [0.29, 0.717) is 10.8 Å². The molecule has 0 aromatic carbocycles. The molecule has 0 bridgehead atoms. The van der Waals surface area contributed by atoms with Crippen molar-refractivity contribution in [1.82, 2.24) is 20.0 Å². The van der Waals surface area contributed by atoms with Crippen LogP contribution in [0, 0.1) is 0 Å². The van der Waals surface area contributed by atoms with Crippen LogP contribution < -0.4 is 5.73 Å². The average molecular weight is 196 g/mol. The first-order valence-corrected chi connectivity index (χ1v) is 3.94. The Bertz CT molecular complexity index is 391. The molecule has 6 heteroatoms. The van der Waals surface area contributed by atoms with Crippen molar-refractivity contribution in [1.29, 1.82) is 0 Å². The van der Waals surface area contributed by atoms with Crippen molar-refractivity contribution in [3.8, 4) is 5.82 Å². The normalized spacial score (nSPS) is 10.2. The molecule has 0 unspecified atom stereocenters. The fourth-order valence-electron chi connectivity index (χ4n) is 0.899. The molecule has 0 fully saturated rings. The van der Waals surface area contributed by atoms with Crippen LogP contribution in [0.3, 0.4) is 0 Å². The fourth-order valence-corrected chi connectivity index (χ4v) is 1.03. The number of hydrogen-bond donors (Lipinski definition) is 1. The van der Waals surface area contributed by atoms with Crippen LogP contribution in [0.1, 0.15) is 0 Å². The van der Waals surface area contributed by atoms with Gasteiger partial charge in [0.25, 0.3) is 0 Å². The molecule has 13 heavy (non-hydrogen) atoms. The summed E-state index contributed by atoms with van der Waals surface area (Å²) < 4.78 is 1.48. The molecular weight excluding hydrogens is 190 g/mol. The lowest BCUT2D eigenvalue weighted by Crippen LogP contribution is -1.99. The highest BCUT2D eigenvalue weighted by molar-refractivity contribution is 6.32. The molecule has 0 saturated heterocycles. The third kappa shape index (κ3) is 1.46. The van der Waals surface area contributed by atoms with E-state index in [2.05, 4.69) is 15.3 Å². The lowest BCUT2D eigenvalue weighted by atomic mass is 10.5. The van der Waals surface area contributed by atoms with Crippen LogP contribution in [0.2, 0.25) is 5.02 Å². The fraction of sp³-hybridized carbons (Fsp3) is 0. The van der Waals surface area contributed by atoms with Crippen LogP contribution in [0.15, 0.2) is 24.5 Å². The molecule has 5 nitrogen and oxygen atoms in total. The summed E-state index contributed by atoms with van der Waals surface area (Å²) in [5.41, 5.74) is 5.47. The third-order valence-corrected chi connectivity index (χ3v) is 1.78. The summed E-state index contributed by atoms with van der Waals surface area (Å²) in [5.74, 6) is 0.869. The maximum Gasteiger partial charge on any atom is 0.175 e. The van der Waals surface area contributed by atoms with Crippen LogP contribution in [-0.4, -0.2) is 20.0 Å². The van der Waals surface area contributed by atoms with Gasteiger partial charge in [-0.2, -0.15) is 5.10 Å². The lowest BCUT2D eigenvalue weighted by Gasteiger charge is -1.95. The Hall–Kier alpha value is -1.62. The molecule has 66 valence electrons. The minimum absolute atomic E-state index is 0.285. The van der Waals surface area contributed by atoms with Gasteiger partial charge in [-0.3, -0.25) is 0 Å². The van der Waals surface area contributed by atoms with Gasteiger partial charge < -0.3 is 5.73 Å². The van der Waals surface area contributed by atoms with Crippen molar-refractivity contribution >= 4 is 17.4 Å². The van der Waals surface area contributed by atoms with Crippen molar-refractivity contribution in [2.24, 2.45) is 0 Å². The number of anilines is 1. The van der Waals surface area contributed by atoms with Gasteiger partial charge in [0, 0.05) is 6.20 Å². The largest absolute Gasteiger partial charge is 0.381 e. The van der Waals surface area contributed by atoms with Gasteiger partial charge in [0.2, 0.25) is 0 Å². The van der Waals surface area contributed by atoms with E-state index in [9.17, 15) is 0 Å².